The molecule has 0 saturated carbocycles. The highest BCUT2D eigenvalue weighted by molar-refractivity contribution is 6.32. The molecule has 3 rings (SSSR count). The Kier molecular flexibility index (Phi) is 5.34. The van der Waals surface area contributed by atoms with Crippen LogP contribution < -0.4 is 9.47 Å². The lowest BCUT2D eigenvalue weighted by Crippen LogP contribution is -2.54. The van der Waals surface area contributed by atoms with E-state index in [0.717, 1.165) is 24.9 Å². The summed E-state index contributed by atoms with van der Waals surface area (Å²) in [5.41, 5.74) is 1.19. The molecule has 0 radical (unpaired) electrons. The molecule has 4 nitrogen and oxygen atoms in total. The summed E-state index contributed by atoms with van der Waals surface area (Å²) in [6.45, 7) is 9.35. The Hall–Kier alpha value is -0.970. The van der Waals surface area contributed by atoms with Gasteiger partial charge in [0, 0.05) is 31.7 Å². The highest BCUT2D eigenvalue weighted by Gasteiger charge is 2.34. The first kappa shape index (κ1) is 16.9. The minimum atomic E-state index is 0.570. The number of halogens is 1. The first-order valence-corrected chi connectivity index (χ1v) is 8.97. The van der Waals surface area contributed by atoms with Gasteiger partial charge in [-0.25, -0.2) is 0 Å². The van der Waals surface area contributed by atoms with E-state index >= 15 is 0 Å². The second-order valence-corrected chi connectivity index (χ2v) is 7.02. The Balaban J connectivity index is 1.75. The molecule has 1 unspecified atom stereocenters. The zero-order chi connectivity index (χ0) is 16.4. The number of piperazine rings is 1. The molecule has 2 saturated heterocycles. The maximum absolute atomic E-state index is 6.40. The van der Waals surface area contributed by atoms with Crippen LogP contribution in [0.3, 0.4) is 0 Å². The Labute approximate surface area is 144 Å². The number of hydrogen-bond donors (Lipinski definition) is 0. The van der Waals surface area contributed by atoms with Crippen molar-refractivity contribution in [1.82, 2.24) is 9.80 Å². The van der Waals surface area contributed by atoms with Crippen molar-refractivity contribution in [3.8, 4) is 11.5 Å². The first-order chi connectivity index (χ1) is 11.1. The summed E-state index contributed by atoms with van der Waals surface area (Å²) in [5, 5.41) is 0.633. The maximum Gasteiger partial charge on any atom is 0.179 e. The first-order valence-electron chi connectivity index (χ1n) is 8.59. The van der Waals surface area contributed by atoms with Crippen molar-refractivity contribution in [3.63, 3.8) is 0 Å². The van der Waals surface area contributed by atoms with Crippen molar-refractivity contribution in [2.75, 3.05) is 33.4 Å². The summed E-state index contributed by atoms with van der Waals surface area (Å²) in [7, 11) is 1.66. The molecule has 5 heteroatoms. The normalized spacial score (nSPS) is 25.4. The molecular formula is C18H27ClN2O2. The quantitative estimate of drug-likeness (QED) is 0.821. The molecule has 0 bridgehead atoms. The molecule has 0 aromatic heterocycles. The fourth-order valence-electron chi connectivity index (χ4n) is 3.85. The van der Waals surface area contributed by atoms with Gasteiger partial charge in [0.05, 0.1) is 18.7 Å². The molecule has 128 valence electrons. The average Bonchev–Trinajstić information content (AvgIpc) is 2.97. The molecule has 0 amide bonds. The van der Waals surface area contributed by atoms with Gasteiger partial charge in [-0.2, -0.15) is 0 Å². The smallest absolute Gasteiger partial charge is 0.179 e. The molecule has 23 heavy (non-hydrogen) atoms. The van der Waals surface area contributed by atoms with Crippen LogP contribution >= 0.6 is 11.6 Å². The maximum atomic E-state index is 6.40. The van der Waals surface area contributed by atoms with Crippen LogP contribution in [0.15, 0.2) is 12.1 Å². The lowest BCUT2D eigenvalue weighted by Gasteiger charge is -2.42. The summed E-state index contributed by atoms with van der Waals surface area (Å²) in [5.74, 6) is 1.37. The van der Waals surface area contributed by atoms with Gasteiger partial charge in [0.15, 0.2) is 11.5 Å². The predicted octanol–water partition coefficient (Wildman–Crippen LogP) is 3.42. The van der Waals surface area contributed by atoms with Gasteiger partial charge in [0.2, 0.25) is 0 Å². The Morgan fingerprint density at radius 1 is 1.30 bits per heavy atom. The Morgan fingerprint density at radius 2 is 2.13 bits per heavy atom. The topological polar surface area (TPSA) is 24.9 Å². The van der Waals surface area contributed by atoms with Crippen molar-refractivity contribution < 1.29 is 9.47 Å². The van der Waals surface area contributed by atoms with E-state index in [9.17, 15) is 0 Å². The lowest BCUT2D eigenvalue weighted by atomic mass is 10.1. The molecule has 1 aromatic carbocycles. The number of methoxy groups -OCH3 is 1. The van der Waals surface area contributed by atoms with Crippen LogP contribution in [-0.4, -0.2) is 55.2 Å². The monoisotopic (exact) mass is 338 g/mol. The fourth-order valence-corrected chi connectivity index (χ4v) is 4.14. The third-order valence-electron chi connectivity index (χ3n) is 5.03. The number of hydrogen-bond acceptors (Lipinski definition) is 4. The molecule has 0 aliphatic carbocycles. The van der Waals surface area contributed by atoms with Gasteiger partial charge in [-0.15, -0.1) is 0 Å². The standard InChI is InChI=1S/C18H27ClN2O2/c1-4-23-18-16(19)8-14(9-17(18)22-3)11-21-12-15-6-5-7-20(15)10-13(21)2/h8-9,13,15H,4-7,10-12H2,1-3H3/t13-,15?/m0/s1. The Bertz CT molecular complexity index is 552. The van der Waals surface area contributed by atoms with Crippen LogP contribution in [0.5, 0.6) is 11.5 Å². The second kappa shape index (κ2) is 7.29. The van der Waals surface area contributed by atoms with E-state index in [1.54, 1.807) is 7.11 Å². The summed E-state index contributed by atoms with van der Waals surface area (Å²) in [6, 6.07) is 5.37. The second-order valence-electron chi connectivity index (χ2n) is 6.61. The van der Waals surface area contributed by atoms with E-state index in [2.05, 4.69) is 22.8 Å². The van der Waals surface area contributed by atoms with E-state index in [-0.39, 0.29) is 0 Å². The molecule has 2 fully saturated rings. The van der Waals surface area contributed by atoms with Crippen LogP contribution in [0, 0.1) is 0 Å². The van der Waals surface area contributed by atoms with E-state index < -0.39 is 0 Å². The van der Waals surface area contributed by atoms with Gasteiger partial charge in [0.25, 0.3) is 0 Å². The number of rotatable bonds is 5. The highest BCUT2D eigenvalue weighted by Crippen LogP contribution is 2.37. The molecule has 2 aliphatic rings. The molecule has 2 aliphatic heterocycles. The average molecular weight is 339 g/mol. The molecule has 0 N–H and O–H groups in total. The summed E-state index contributed by atoms with van der Waals surface area (Å²) in [6.07, 6.45) is 2.67. The van der Waals surface area contributed by atoms with Gasteiger partial charge in [0.1, 0.15) is 0 Å². The minimum absolute atomic E-state index is 0.570. The van der Waals surface area contributed by atoms with Crippen LogP contribution in [-0.2, 0) is 6.54 Å². The van der Waals surface area contributed by atoms with Crippen LogP contribution in [0.1, 0.15) is 32.3 Å². The van der Waals surface area contributed by atoms with Gasteiger partial charge in [-0.05, 0) is 50.9 Å². The molecule has 2 heterocycles. The van der Waals surface area contributed by atoms with Gasteiger partial charge in [-0.1, -0.05) is 11.6 Å². The minimum Gasteiger partial charge on any atom is -0.493 e. The molecule has 1 aromatic rings. The van der Waals surface area contributed by atoms with Gasteiger partial charge >= 0.3 is 0 Å². The van der Waals surface area contributed by atoms with Crippen molar-refractivity contribution in [2.24, 2.45) is 0 Å². The van der Waals surface area contributed by atoms with E-state index in [1.165, 1.54) is 31.5 Å². The fraction of sp³-hybridized carbons (Fsp3) is 0.667. The number of ether oxygens (including phenoxy) is 2. The highest BCUT2D eigenvalue weighted by atomic mass is 35.5. The Morgan fingerprint density at radius 3 is 2.87 bits per heavy atom. The zero-order valence-corrected chi connectivity index (χ0v) is 15.1. The van der Waals surface area contributed by atoms with Gasteiger partial charge < -0.3 is 9.47 Å². The molecule has 2 atom stereocenters. The van der Waals surface area contributed by atoms with Crippen LogP contribution in [0.2, 0.25) is 5.02 Å². The van der Waals surface area contributed by atoms with Crippen LogP contribution in [0.4, 0.5) is 0 Å². The third kappa shape index (κ3) is 3.59. The molecule has 0 spiro atoms. The summed E-state index contributed by atoms with van der Waals surface area (Å²) >= 11 is 6.40. The van der Waals surface area contributed by atoms with Crippen LogP contribution in [0.25, 0.3) is 0 Å². The molecular weight excluding hydrogens is 312 g/mol. The third-order valence-corrected chi connectivity index (χ3v) is 5.31. The van der Waals surface area contributed by atoms with Crippen molar-refractivity contribution in [1.29, 1.82) is 0 Å². The van der Waals surface area contributed by atoms with E-state index in [4.69, 9.17) is 21.1 Å². The zero-order valence-electron chi connectivity index (χ0n) is 14.3. The van der Waals surface area contributed by atoms with E-state index in [1.807, 2.05) is 13.0 Å². The summed E-state index contributed by atoms with van der Waals surface area (Å²) in [4.78, 5) is 5.21. The predicted molar refractivity (Wildman–Crippen MR) is 93.6 cm³/mol. The van der Waals surface area contributed by atoms with Crippen molar-refractivity contribution in [2.45, 2.75) is 45.3 Å². The number of fused-ring (bicyclic) bond motifs is 1. The summed E-state index contributed by atoms with van der Waals surface area (Å²) < 4.78 is 11.1. The lowest BCUT2D eigenvalue weighted by molar-refractivity contribution is 0.0540. The van der Waals surface area contributed by atoms with Crippen molar-refractivity contribution >= 4 is 11.6 Å². The largest absolute Gasteiger partial charge is 0.493 e. The van der Waals surface area contributed by atoms with Crippen molar-refractivity contribution in [3.05, 3.63) is 22.7 Å². The van der Waals surface area contributed by atoms with Gasteiger partial charge in [-0.3, -0.25) is 9.80 Å². The number of benzene rings is 1. The van der Waals surface area contributed by atoms with E-state index in [0.29, 0.717) is 23.4 Å². The number of nitrogens with zero attached hydrogens (tertiary/aromatic N) is 2. The SMILES string of the molecule is CCOc1c(Cl)cc(CN2CC3CCCN3C[C@@H]2C)cc1OC.